The van der Waals surface area contributed by atoms with Gasteiger partial charge in [0.2, 0.25) is 5.91 Å². The topological polar surface area (TPSA) is 58.2 Å². The third kappa shape index (κ3) is 4.02. The number of rotatable bonds is 2. The third-order valence-corrected chi connectivity index (χ3v) is 2.91. The molecule has 0 saturated heterocycles. The highest BCUT2D eigenvalue weighted by atomic mass is 79.9. The molecule has 92 valence electrons. The predicted molar refractivity (Wildman–Crippen MR) is 71.5 cm³/mol. The summed E-state index contributed by atoms with van der Waals surface area (Å²) in [5.41, 5.74) is 2.62. The molecule has 0 spiro atoms. The van der Waals surface area contributed by atoms with Crippen molar-refractivity contribution in [1.29, 1.82) is 0 Å². The van der Waals surface area contributed by atoms with Crippen LogP contribution in [0.4, 0.5) is 10.5 Å². The van der Waals surface area contributed by atoms with E-state index in [9.17, 15) is 9.59 Å². The number of nitrogens with one attached hydrogen (secondary N) is 2. The number of anilines is 1. The van der Waals surface area contributed by atoms with Crippen LogP contribution in [0.15, 0.2) is 16.6 Å². The van der Waals surface area contributed by atoms with Gasteiger partial charge >= 0.3 is 6.03 Å². The number of urea groups is 1. The predicted octanol–water partition coefficient (Wildman–Crippen LogP) is 2.95. The summed E-state index contributed by atoms with van der Waals surface area (Å²) in [6, 6.07) is 3.22. The van der Waals surface area contributed by atoms with E-state index in [4.69, 9.17) is 11.6 Å². The van der Waals surface area contributed by atoms with Crippen molar-refractivity contribution in [2.45, 2.75) is 13.8 Å². The van der Waals surface area contributed by atoms with E-state index in [0.717, 1.165) is 15.6 Å². The lowest BCUT2D eigenvalue weighted by atomic mass is 10.1. The van der Waals surface area contributed by atoms with Crippen LogP contribution in [0.5, 0.6) is 0 Å². The molecule has 0 radical (unpaired) electrons. The van der Waals surface area contributed by atoms with E-state index >= 15 is 0 Å². The van der Waals surface area contributed by atoms with Crippen LogP contribution in [-0.2, 0) is 4.79 Å². The van der Waals surface area contributed by atoms with Gasteiger partial charge in [-0.1, -0.05) is 6.07 Å². The molecule has 0 heterocycles. The van der Waals surface area contributed by atoms with Gasteiger partial charge in [0.15, 0.2) is 0 Å². The second-order valence-electron chi connectivity index (χ2n) is 3.57. The molecule has 17 heavy (non-hydrogen) atoms. The fourth-order valence-electron chi connectivity index (χ4n) is 1.38. The summed E-state index contributed by atoms with van der Waals surface area (Å²) < 4.78 is 0.767. The molecule has 0 aromatic heterocycles. The molecule has 3 amide bonds. The number of carbonyl (C=O) groups is 2. The monoisotopic (exact) mass is 318 g/mol. The quantitative estimate of drug-likeness (QED) is 0.823. The van der Waals surface area contributed by atoms with Crippen molar-refractivity contribution < 1.29 is 9.59 Å². The average molecular weight is 320 g/mol. The largest absolute Gasteiger partial charge is 0.325 e. The zero-order valence-electron chi connectivity index (χ0n) is 9.43. The zero-order chi connectivity index (χ0) is 13.0. The first-order valence-electron chi connectivity index (χ1n) is 4.87. The maximum Gasteiger partial charge on any atom is 0.325 e. The standard InChI is InChI=1S/C11H12BrClN2O2/c1-6-3-7(2)10(8(12)4-6)15-11(17)14-9(16)5-13/h3-4H,5H2,1-2H3,(H2,14,15,16,17). The van der Waals surface area contributed by atoms with Gasteiger partial charge in [-0.05, 0) is 47.0 Å². The molecule has 0 aliphatic heterocycles. The SMILES string of the molecule is Cc1cc(C)c(NC(=O)NC(=O)CCl)c(Br)c1. The van der Waals surface area contributed by atoms with Crippen molar-refractivity contribution in [2.24, 2.45) is 0 Å². The average Bonchev–Trinajstić information content (AvgIpc) is 2.23. The molecule has 0 unspecified atom stereocenters. The Morgan fingerprint density at radius 2 is 2.00 bits per heavy atom. The minimum absolute atomic E-state index is 0.249. The number of aryl methyl sites for hydroxylation is 2. The van der Waals surface area contributed by atoms with E-state index in [-0.39, 0.29) is 5.88 Å². The van der Waals surface area contributed by atoms with Gasteiger partial charge in [-0.3, -0.25) is 10.1 Å². The first-order chi connectivity index (χ1) is 7.93. The molecule has 0 bridgehead atoms. The number of carbonyl (C=O) groups excluding carboxylic acids is 2. The Bertz CT molecular complexity index is 440. The summed E-state index contributed by atoms with van der Waals surface area (Å²) in [5.74, 6) is -0.786. The molecule has 0 aliphatic rings. The molecule has 1 aromatic carbocycles. The number of halogens is 2. The Morgan fingerprint density at radius 1 is 1.35 bits per heavy atom. The molecular formula is C11H12BrClN2O2. The Balaban J connectivity index is 2.82. The molecular weight excluding hydrogens is 307 g/mol. The van der Waals surface area contributed by atoms with Crippen LogP contribution in [0.3, 0.4) is 0 Å². The van der Waals surface area contributed by atoms with E-state index in [1.165, 1.54) is 0 Å². The van der Waals surface area contributed by atoms with E-state index in [1.54, 1.807) is 0 Å². The Hall–Kier alpha value is -1.07. The van der Waals surface area contributed by atoms with Gasteiger partial charge in [0.25, 0.3) is 0 Å². The first kappa shape index (κ1) is 14.0. The summed E-state index contributed by atoms with van der Waals surface area (Å²) in [5, 5.41) is 4.70. The number of hydrogen-bond donors (Lipinski definition) is 2. The number of alkyl halides is 1. The van der Waals surface area contributed by atoms with E-state index < -0.39 is 11.9 Å². The maximum absolute atomic E-state index is 11.4. The Morgan fingerprint density at radius 3 is 2.53 bits per heavy atom. The lowest BCUT2D eigenvalue weighted by molar-refractivity contribution is -0.117. The van der Waals surface area contributed by atoms with Crippen molar-refractivity contribution in [2.75, 3.05) is 11.2 Å². The van der Waals surface area contributed by atoms with Crippen molar-refractivity contribution in [3.63, 3.8) is 0 Å². The fourth-order valence-corrected chi connectivity index (χ4v) is 2.22. The minimum Gasteiger partial charge on any atom is -0.306 e. The normalized spacial score (nSPS) is 9.88. The van der Waals surface area contributed by atoms with Gasteiger partial charge in [0, 0.05) is 4.47 Å². The molecule has 1 aromatic rings. The van der Waals surface area contributed by atoms with Gasteiger partial charge in [-0.15, -0.1) is 11.6 Å². The van der Waals surface area contributed by atoms with Crippen LogP contribution in [0.2, 0.25) is 0 Å². The van der Waals surface area contributed by atoms with Crippen molar-refractivity contribution in [3.8, 4) is 0 Å². The molecule has 0 atom stereocenters. The highest BCUT2D eigenvalue weighted by molar-refractivity contribution is 9.10. The van der Waals surface area contributed by atoms with Crippen LogP contribution in [0.1, 0.15) is 11.1 Å². The van der Waals surface area contributed by atoms with Crippen LogP contribution >= 0.6 is 27.5 Å². The number of imide groups is 1. The summed E-state index contributed by atoms with van der Waals surface area (Å²) in [6.45, 7) is 3.83. The van der Waals surface area contributed by atoms with Crippen LogP contribution in [0.25, 0.3) is 0 Å². The third-order valence-electron chi connectivity index (χ3n) is 2.04. The highest BCUT2D eigenvalue weighted by Gasteiger charge is 2.10. The summed E-state index contributed by atoms with van der Waals surface area (Å²) >= 11 is 8.64. The number of hydrogen-bond acceptors (Lipinski definition) is 2. The molecule has 0 aliphatic carbocycles. The molecule has 4 nitrogen and oxygen atoms in total. The van der Waals surface area contributed by atoms with Gasteiger partial charge in [-0.2, -0.15) is 0 Å². The molecule has 2 N–H and O–H groups in total. The van der Waals surface area contributed by atoms with Crippen molar-refractivity contribution in [1.82, 2.24) is 5.32 Å². The van der Waals surface area contributed by atoms with E-state index in [2.05, 4.69) is 26.6 Å². The lowest BCUT2D eigenvalue weighted by Gasteiger charge is -2.11. The van der Waals surface area contributed by atoms with Gasteiger partial charge in [-0.25, -0.2) is 4.79 Å². The highest BCUT2D eigenvalue weighted by Crippen LogP contribution is 2.27. The van der Waals surface area contributed by atoms with Gasteiger partial charge < -0.3 is 5.32 Å². The Kier molecular flexibility index (Phi) is 4.96. The van der Waals surface area contributed by atoms with Gasteiger partial charge in [0.05, 0.1) is 5.69 Å². The maximum atomic E-state index is 11.4. The zero-order valence-corrected chi connectivity index (χ0v) is 11.8. The fraction of sp³-hybridized carbons (Fsp3) is 0.273. The first-order valence-corrected chi connectivity index (χ1v) is 6.20. The molecule has 0 saturated carbocycles. The molecule has 1 rings (SSSR count). The Labute approximate surface area is 113 Å². The van der Waals surface area contributed by atoms with Crippen molar-refractivity contribution >= 4 is 45.2 Å². The van der Waals surface area contributed by atoms with Crippen LogP contribution in [-0.4, -0.2) is 17.8 Å². The van der Waals surface area contributed by atoms with E-state index in [1.807, 2.05) is 26.0 Å². The molecule has 0 fully saturated rings. The lowest BCUT2D eigenvalue weighted by Crippen LogP contribution is -2.35. The van der Waals surface area contributed by atoms with Crippen LogP contribution < -0.4 is 10.6 Å². The van der Waals surface area contributed by atoms with Crippen LogP contribution in [0, 0.1) is 13.8 Å². The number of benzene rings is 1. The van der Waals surface area contributed by atoms with Crippen molar-refractivity contribution in [3.05, 3.63) is 27.7 Å². The van der Waals surface area contributed by atoms with E-state index in [0.29, 0.717) is 5.69 Å². The summed E-state index contributed by atoms with van der Waals surface area (Å²) in [6.07, 6.45) is 0. The second-order valence-corrected chi connectivity index (χ2v) is 4.70. The minimum atomic E-state index is -0.594. The summed E-state index contributed by atoms with van der Waals surface area (Å²) in [4.78, 5) is 22.4. The van der Waals surface area contributed by atoms with Gasteiger partial charge in [0.1, 0.15) is 5.88 Å². The smallest absolute Gasteiger partial charge is 0.306 e. The molecule has 6 heteroatoms. The second kappa shape index (κ2) is 6.02. The number of amides is 3. The summed E-state index contributed by atoms with van der Waals surface area (Å²) in [7, 11) is 0.